The molecule has 0 bridgehead atoms. The van der Waals surface area contributed by atoms with Crippen LogP contribution in [0.5, 0.6) is 5.75 Å². The number of amides is 1. The third-order valence-corrected chi connectivity index (χ3v) is 2.99. The number of carbonyl (C=O) groups is 1. The average Bonchev–Trinajstić information content (AvgIpc) is 2.65. The summed E-state index contributed by atoms with van der Waals surface area (Å²) in [5.74, 6) is -4.75. The fraction of sp³-hybridized carbons (Fsp3) is 0.312. The van der Waals surface area contributed by atoms with E-state index in [1.54, 1.807) is 0 Å². The van der Waals surface area contributed by atoms with E-state index < -0.39 is 60.8 Å². The molecule has 4 N–H and O–H groups in total. The molecule has 1 aromatic heterocycles. The normalized spacial score (nSPS) is 18.5. The molecule has 0 saturated carbocycles. The van der Waals surface area contributed by atoms with E-state index in [-0.39, 0.29) is 11.1 Å². The zero-order chi connectivity index (χ0) is 25.6. The van der Waals surface area contributed by atoms with Crippen molar-refractivity contribution in [2.75, 3.05) is 0 Å². The van der Waals surface area contributed by atoms with Crippen molar-refractivity contribution in [1.29, 1.82) is 0 Å². The molecule has 0 spiro atoms. The number of nitrogens with one attached hydrogen (secondary N) is 1. The highest BCUT2D eigenvalue weighted by molar-refractivity contribution is 5.94. The molecule has 0 unspecified atom stereocenters. The van der Waals surface area contributed by atoms with Gasteiger partial charge in [0.25, 0.3) is 11.5 Å². The monoisotopic (exact) mass is 343 g/mol. The highest BCUT2D eigenvalue weighted by Gasteiger charge is 2.26. The smallest absolute Gasteiger partial charge is 0.296 e. The molecule has 1 aromatic carbocycles. The second kappa shape index (κ2) is 6.40. The number of nitrogens with two attached hydrogens (primary N) is 1. The third kappa shape index (κ3) is 3.60. The van der Waals surface area contributed by atoms with E-state index in [1.807, 2.05) is 0 Å². The van der Waals surface area contributed by atoms with Crippen LogP contribution in [0.4, 0.5) is 4.39 Å². The van der Waals surface area contributed by atoms with E-state index in [2.05, 4.69) is 10.3 Å². The van der Waals surface area contributed by atoms with Crippen molar-refractivity contribution in [2.24, 2.45) is 12.7 Å². The molecular formula is C16H19FN4O3. The summed E-state index contributed by atoms with van der Waals surface area (Å²) in [4.78, 5) is 28.7. The molecule has 1 amide bonds. The molecule has 1 heterocycles. The van der Waals surface area contributed by atoms with E-state index in [0.717, 1.165) is 12.1 Å². The van der Waals surface area contributed by atoms with E-state index in [0.29, 0.717) is 5.56 Å². The lowest BCUT2D eigenvalue weighted by Crippen LogP contribution is -2.39. The molecule has 2 rings (SSSR count). The Labute approximate surface area is 150 Å². The summed E-state index contributed by atoms with van der Waals surface area (Å²) in [5.41, 5.74) is -0.361. The molecule has 8 heteroatoms. The summed E-state index contributed by atoms with van der Waals surface area (Å²) >= 11 is 0. The van der Waals surface area contributed by atoms with E-state index >= 15 is 0 Å². The van der Waals surface area contributed by atoms with Gasteiger partial charge in [0, 0.05) is 25.9 Å². The minimum atomic E-state index is -3.62. The van der Waals surface area contributed by atoms with Gasteiger partial charge in [0.15, 0.2) is 5.69 Å². The van der Waals surface area contributed by atoms with Crippen molar-refractivity contribution in [2.45, 2.75) is 25.8 Å². The van der Waals surface area contributed by atoms with Gasteiger partial charge in [0.2, 0.25) is 5.75 Å². The summed E-state index contributed by atoms with van der Waals surface area (Å²) in [6.45, 7) is -11.0. The van der Waals surface area contributed by atoms with Gasteiger partial charge >= 0.3 is 0 Å². The Balaban J connectivity index is 2.73. The SMILES string of the molecule is [2H]C([2H])([2H])n1c(C(N)(C([2H])([2H])[2H])C([2H])([2H])[2H])nc(C(=O)NCc2ccc(F)cc2)c(O)c1=O. The molecule has 2 aromatic rings. The zero-order valence-corrected chi connectivity index (χ0v) is 12.1. The third-order valence-electron chi connectivity index (χ3n) is 2.99. The lowest BCUT2D eigenvalue weighted by Gasteiger charge is -2.21. The van der Waals surface area contributed by atoms with Crippen LogP contribution in [0.1, 0.15) is 47.9 Å². The first-order valence-electron chi connectivity index (χ1n) is 11.0. The van der Waals surface area contributed by atoms with Crippen LogP contribution in [0.15, 0.2) is 29.1 Å². The molecule has 0 radical (unpaired) electrons. The summed E-state index contributed by atoms with van der Waals surface area (Å²) in [6, 6.07) is 4.83. The first kappa shape index (κ1) is 8.93. The number of benzene rings is 1. The number of halogens is 1. The van der Waals surface area contributed by atoms with Gasteiger partial charge in [-0.05, 0) is 31.4 Å². The summed E-state index contributed by atoms with van der Waals surface area (Å²) < 4.78 is 80.9. The molecule has 0 aliphatic carbocycles. The predicted molar refractivity (Wildman–Crippen MR) is 85.9 cm³/mol. The number of hydrogen-bond acceptors (Lipinski definition) is 5. The predicted octanol–water partition coefficient (Wildman–Crippen LogP) is 0.749. The Morgan fingerprint density at radius 2 is 2.12 bits per heavy atom. The van der Waals surface area contributed by atoms with Crippen molar-refractivity contribution >= 4 is 5.91 Å². The Kier molecular flexibility index (Phi) is 2.38. The van der Waals surface area contributed by atoms with Crippen LogP contribution >= 0.6 is 0 Å². The van der Waals surface area contributed by atoms with Crippen molar-refractivity contribution in [3.05, 3.63) is 57.5 Å². The van der Waals surface area contributed by atoms with E-state index in [9.17, 15) is 19.1 Å². The minimum Gasteiger partial charge on any atom is -0.501 e. The van der Waals surface area contributed by atoms with Crippen molar-refractivity contribution < 1.29 is 26.6 Å². The van der Waals surface area contributed by atoms with Crippen LogP contribution in [0.2, 0.25) is 0 Å². The van der Waals surface area contributed by atoms with Crippen LogP contribution < -0.4 is 16.6 Å². The topological polar surface area (TPSA) is 110 Å². The quantitative estimate of drug-likeness (QED) is 0.759. The van der Waals surface area contributed by atoms with Gasteiger partial charge in [-0.15, -0.1) is 0 Å². The molecule has 0 atom stereocenters. The lowest BCUT2D eigenvalue weighted by molar-refractivity contribution is 0.0941. The van der Waals surface area contributed by atoms with Crippen LogP contribution in [0.3, 0.4) is 0 Å². The van der Waals surface area contributed by atoms with Gasteiger partial charge in [-0.25, -0.2) is 9.37 Å². The number of aromatic hydroxyl groups is 1. The fourth-order valence-corrected chi connectivity index (χ4v) is 1.80. The molecule has 24 heavy (non-hydrogen) atoms. The van der Waals surface area contributed by atoms with Crippen LogP contribution in [0.25, 0.3) is 0 Å². The maximum Gasteiger partial charge on any atom is 0.296 e. The lowest BCUT2D eigenvalue weighted by atomic mass is 10.1. The minimum absolute atomic E-state index is 0.260. The Morgan fingerprint density at radius 3 is 2.71 bits per heavy atom. The summed E-state index contributed by atoms with van der Waals surface area (Å²) in [7, 11) is 0. The standard InChI is InChI=1S/C16H19FN4O3/c1-16(2,18)15-20-11(12(22)14(24)21(15)3)13(23)19-8-9-4-6-10(17)7-5-9/h4-7,22H,8,18H2,1-3H3,(H,19,23)/i1D3,2D3,3D3. The van der Waals surface area contributed by atoms with Gasteiger partial charge in [0.05, 0.1) is 5.54 Å². The van der Waals surface area contributed by atoms with Gasteiger partial charge < -0.3 is 16.2 Å². The second-order valence-electron chi connectivity index (χ2n) is 4.89. The number of nitrogens with zero attached hydrogens (tertiary/aromatic N) is 2. The number of rotatable bonds is 4. The van der Waals surface area contributed by atoms with Gasteiger partial charge in [-0.3, -0.25) is 14.2 Å². The molecule has 0 fully saturated rings. The van der Waals surface area contributed by atoms with Crippen LogP contribution in [-0.2, 0) is 19.1 Å². The molecule has 128 valence electrons. The first-order valence-corrected chi connectivity index (χ1v) is 6.51. The molecule has 0 saturated heterocycles. The first-order chi connectivity index (χ1) is 14.8. The van der Waals surface area contributed by atoms with Gasteiger partial charge in [0.1, 0.15) is 11.6 Å². The Morgan fingerprint density at radius 1 is 1.46 bits per heavy atom. The molecule has 0 aliphatic heterocycles. The second-order valence-corrected chi connectivity index (χ2v) is 4.89. The summed E-state index contributed by atoms with van der Waals surface area (Å²) in [6.07, 6.45) is 0. The Bertz CT molecular complexity index is 1090. The van der Waals surface area contributed by atoms with Crippen LogP contribution in [-0.4, -0.2) is 20.6 Å². The van der Waals surface area contributed by atoms with Crippen molar-refractivity contribution in [3.63, 3.8) is 0 Å². The number of hydrogen-bond donors (Lipinski definition) is 3. The van der Waals surface area contributed by atoms with E-state index in [4.69, 9.17) is 18.1 Å². The van der Waals surface area contributed by atoms with E-state index in [1.165, 1.54) is 12.1 Å². The highest BCUT2D eigenvalue weighted by Crippen LogP contribution is 2.17. The maximum absolute atomic E-state index is 13.0. The molecule has 0 aliphatic rings. The Hall–Kier alpha value is -2.74. The molecular weight excluding hydrogens is 315 g/mol. The van der Waals surface area contributed by atoms with Gasteiger partial charge in [-0.1, -0.05) is 12.1 Å². The largest absolute Gasteiger partial charge is 0.501 e. The van der Waals surface area contributed by atoms with Crippen molar-refractivity contribution in [1.82, 2.24) is 14.9 Å². The average molecular weight is 343 g/mol. The number of carbonyl (C=O) groups excluding carboxylic acids is 1. The highest BCUT2D eigenvalue weighted by atomic mass is 19.1. The van der Waals surface area contributed by atoms with Crippen LogP contribution in [0, 0.1) is 5.82 Å². The molecule has 7 nitrogen and oxygen atoms in total. The van der Waals surface area contributed by atoms with Crippen molar-refractivity contribution in [3.8, 4) is 5.75 Å². The fourth-order valence-electron chi connectivity index (χ4n) is 1.80. The maximum atomic E-state index is 13.0. The zero-order valence-electron chi connectivity index (χ0n) is 21.1. The van der Waals surface area contributed by atoms with Gasteiger partial charge in [-0.2, -0.15) is 0 Å². The number of aromatic nitrogens is 2. The summed E-state index contributed by atoms with van der Waals surface area (Å²) in [5, 5.41) is 12.4.